The van der Waals surface area contributed by atoms with Gasteiger partial charge in [0.1, 0.15) is 5.75 Å². The molecule has 6 nitrogen and oxygen atoms in total. The molecule has 1 aromatic heterocycles. The number of nitrogens with zero attached hydrogens (tertiary/aromatic N) is 3. The maximum atomic E-state index is 5.40. The number of benzene rings is 1. The van der Waals surface area contributed by atoms with Crippen LogP contribution in [0.5, 0.6) is 5.75 Å². The Morgan fingerprint density at radius 3 is 2.75 bits per heavy atom. The van der Waals surface area contributed by atoms with Crippen molar-refractivity contribution >= 4 is 5.96 Å². The van der Waals surface area contributed by atoms with E-state index in [0.29, 0.717) is 19.0 Å². The van der Waals surface area contributed by atoms with Gasteiger partial charge in [-0.2, -0.15) is 0 Å². The summed E-state index contributed by atoms with van der Waals surface area (Å²) in [4.78, 5) is 6.36. The molecular formula is C18H26N4O2. The smallest absolute Gasteiger partial charge is 0.194 e. The van der Waals surface area contributed by atoms with Crippen LogP contribution in [0.2, 0.25) is 0 Å². The molecule has 1 aromatic carbocycles. The maximum absolute atomic E-state index is 5.40. The molecule has 130 valence electrons. The van der Waals surface area contributed by atoms with Crippen molar-refractivity contribution in [2.45, 2.75) is 32.9 Å². The topological polar surface area (TPSA) is 62.9 Å². The van der Waals surface area contributed by atoms with E-state index in [2.05, 4.69) is 29.3 Å². The standard InChI is InChI=1S/C18H26N4O2/c1-13(2)16-10-15(24-21-16)11-20-18(19-3)22(4)12-14-8-6-7-9-17(14)23-5/h6-10,13H,11-12H2,1-5H3,(H,19,20). The van der Waals surface area contributed by atoms with E-state index in [1.807, 2.05) is 42.3 Å². The van der Waals surface area contributed by atoms with Crippen molar-refractivity contribution in [2.75, 3.05) is 21.2 Å². The minimum Gasteiger partial charge on any atom is -0.496 e. The Hall–Kier alpha value is -2.50. The number of nitrogens with one attached hydrogen (secondary N) is 1. The highest BCUT2D eigenvalue weighted by atomic mass is 16.5. The fourth-order valence-electron chi connectivity index (χ4n) is 2.40. The second-order valence-electron chi connectivity index (χ2n) is 5.94. The molecule has 0 amide bonds. The van der Waals surface area contributed by atoms with Crippen molar-refractivity contribution in [3.8, 4) is 5.75 Å². The molecule has 0 aliphatic rings. The lowest BCUT2D eigenvalue weighted by atomic mass is 10.1. The molecule has 0 bridgehead atoms. The average Bonchev–Trinajstić information content (AvgIpc) is 3.05. The number of guanidine groups is 1. The minimum atomic E-state index is 0.357. The van der Waals surface area contributed by atoms with Crippen molar-refractivity contribution in [3.63, 3.8) is 0 Å². The molecule has 0 aliphatic carbocycles. The van der Waals surface area contributed by atoms with E-state index < -0.39 is 0 Å². The molecule has 0 aliphatic heterocycles. The van der Waals surface area contributed by atoms with Gasteiger partial charge in [-0.05, 0) is 12.0 Å². The number of hydrogen-bond donors (Lipinski definition) is 1. The van der Waals surface area contributed by atoms with Gasteiger partial charge in [0, 0.05) is 32.3 Å². The molecule has 0 saturated carbocycles. The van der Waals surface area contributed by atoms with Gasteiger partial charge in [0.15, 0.2) is 11.7 Å². The number of hydrogen-bond acceptors (Lipinski definition) is 4. The second kappa shape index (κ2) is 8.38. The van der Waals surface area contributed by atoms with Crippen LogP contribution >= 0.6 is 0 Å². The summed E-state index contributed by atoms with van der Waals surface area (Å²) in [5.74, 6) is 2.81. The van der Waals surface area contributed by atoms with E-state index >= 15 is 0 Å². The van der Waals surface area contributed by atoms with E-state index in [4.69, 9.17) is 9.26 Å². The summed E-state index contributed by atoms with van der Waals surface area (Å²) in [6, 6.07) is 9.95. The van der Waals surface area contributed by atoms with Gasteiger partial charge in [0.05, 0.1) is 19.3 Å². The van der Waals surface area contributed by atoms with Crippen LogP contribution in [-0.4, -0.2) is 37.2 Å². The summed E-state index contributed by atoms with van der Waals surface area (Å²) < 4.78 is 10.8. The molecule has 0 spiro atoms. The first-order valence-corrected chi connectivity index (χ1v) is 8.04. The van der Waals surface area contributed by atoms with Gasteiger partial charge >= 0.3 is 0 Å². The third kappa shape index (κ3) is 4.50. The minimum absolute atomic E-state index is 0.357. The summed E-state index contributed by atoms with van der Waals surface area (Å²) in [5.41, 5.74) is 2.07. The quantitative estimate of drug-likeness (QED) is 0.651. The first kappa shape index (κ1) is 17.8. The predicted molar refractivity (Wildman–Crippen MR) is 95.3 cm³/mol. The van der Waals surface area contributed by atoms with Gasteiger partial charge in [-0.15, -0.1) is 0 Å². The molecule has 0 atom stereocenters. The lowest BCUT2D eigenvalue weighted by molar-refractivity contribution is 0.367. The lowest BCUT2D eigenvalue weighted by Crippen LogP contribution is -2.38. The lowest BCUT2D eigenvalue weighted by Gasteiger charge is -2.22. The third-order valence-corrected chi connectivity index (χ3v) is 3.76. The van der Waals surface area contributed by atoms with Gasteiger partial charge < -0.3 is 19.5 Å². The Morgan fingerprint density at radius 1 is 1.38 bits per heavy atom. The number of ether oxygens (including phenoxy) is 1. The van der Waals surface area contributed by atoms with Gasteiger partial charge in [-0.3, -0.25) is 4.99 Å². The Labute approximate surface area is 143 Å². The van der Waals surface area contributed by atoms with E-state index in [1.54, 1.807) is 14.2 Å². The molecule has 0 radical (unpaired) electrons. The number of para-hydroxylation sites is 1. The van der Waals surface area contributed by atoms with Gasteiger partial charge in [-0.25, -0.2) is 0 Å². The predicted octanol–water partition coefficient (Wildman–Crippen LogP) is 3.01. The highest BCUT2D eigenvalue weighted by Crippen LogP contribution is 2.19. The molecule has 24 heavy (non-hydrogen) atoms. The fraction of sp³-hybridized carbons (Fsp3) is 0.444. The Kier molecular flexibility index (Phi) is 6.23. The number of aliphatic imine (C=N–C) groups is 1. The van der Waals surface area contributed by atoms with E-state index in [0.717, 1.165) is 28.7 Å². The van der Waals surface area contributed by atoms with Crippen molar-refractivity contribution in [3.05, 3.63) is 47.3 Å². The summed E-state index contributed by atoms with van der Waals surface area (Å²) in [6.07, 6.45) is 0. The first-order chi connectivity index (χ1) is 11.5. The number of rotatable bonds is 6. The van der Waals surface area contributed by atoms with Crippen LogP contribution in [-0.2, 0) is 13.1 Å². The second-order valence-corrected chi connectivity index (χ2v) is 5.94. The average molecular weight is 330 g/mol. The number of methoxy groups -OCH3 is 1. The molecule has 0 saturated heterocycles. The van der Waals surface area contributed by atoms with Crippen LogP contribution in [0.3, 0.4) is 0 Å². The highest BCUT2D eigenvalue weighted by Gasteiger charge is 2.12. The van der Waals surface area contributed by atoms with Crippen molar-refractivity contribution in [2.24, 2.45) is 4.99 Å². The van der Waals surface area contributed by atoms with E-state index in [-0.39, 0.29) is 0 Å². The summed E-state index contributed by atoms with van der Waals surface area (Å²) in [7, 11) is 5.44. The maximum Gasteiger partial charge on any atom is 0.194 e. The molecule has 1 N–H and O–H groups in total. The summed E-state index contributed by atoms with van der Waals surface area (Å²) >= 11 is 0. The highest BCUT2D eigenvalue weighted by molar-refractivity contribution is 5.79. The zero-order valence-electron chi connectivity index (χ0n) is 15.0. The summed E-state index contributed by atoms with van der Waals surface area (Å²) in [6.45, 7) is 5.42. The Balaban J connectivity index is 1.97. The molecule has 0 unspecified atom stereocenters. The zero-order chi connectivity index (χ0) is 17.5. The van der Waals surface area contributed by atoms with Gasteiger partial charge in [0.2, 0.25) is 0 Å². The van der Waals surface area contributed by atoms with Gasteiger partial charge in [0.25, 0.3) is 0 Å². The summed E-state index contributed by atoms with van der Waals surface area (Å²) in [5, 5.41) is 7.37. The Bertz CT molecular complexity index is 679. The molecule has 2 aromatic rings. The zero-order valence-corrected chi connectivity index (χ0v) is 15.0. The van der Waals surface area contributed by atoms with Crippen LogP contribution in [0.4, 0.5) is 0 Å². The van der Waals surface area contributed by atoms with Crippen molar-refractivity contribution < 1.29 is 9.26 Å². The van der Waals surface area contributed by atoms with Gasteiger partial charge in [-0.1, -0.05) is 37.2 Å². The number of aromatic nitrogens is 1. The monoisotopic (exact) mass is 330 g/mol. The largest absolute Gasteiger partial charge is 0.496 e. The molecule has 6 heteroatoms. The van der Waals surface area contributed by atoms with Crippen LogP contribution in [0.15, 0.2) is 39.8 Å². The molecular weight excluding hydrogens is 304 g/mol. The van der Waals surface area contributed by atoms with Crippen molar-refractivity contribution in [1.82, 2.24) is 15.4 Å². The van der Waals surface area contributed by atoms with Crippen LogP contribution in [0, 0.1) is 0 Å². The molecule has 1 heterocycles. The van der Waals surface area contributed by atoms with Crippen molar-refractivity contribution in [1.29, 1.82) is 0 Å². The van der Waals surface area contributed by atoms with Crippen LogP contribution < -0.4 is 10.1 Å². The fourth-order valence-corrected chi connectivity index (χ4v) is 2.40. The van der Waals surface area contributed by atoms with Crippen LogP contribution in [0.25, 0.3) is 0 Å². The normalized spacial score (nSPS) is 11.7. The van der Waals surface area contributed by atoms with Crippen LogP contribution in [0.1, 0.15) is 36.8 Å². The SMILES string of the molecule is CN=C(NCc1cc(C(C)C)no1)N(C)Cc1ccccc1OC. The third-order valence-electron chi connectivity index (χ3n) is 3.76. The molecule has 0 fully saturated rings. The Morgan fingerprint density at radius 2 is 2.12 bits per heavy atom. The first-order valence-electron chi connectivity index (χ1n) is 8.04. The molecule has 2 rings (SSSR count). The van der Waals surface area contributed by atoms with E-state index in [1.165, 1.54) is 0 Å². The van der Waals surface area contributed by atoms with E-state index in [9.17, 15) is 0 Å².